The Morgan fingerprint density at radius 1 is 1.27 bits per heavy atom. The van der Waals surface area contributed by atoms with E-state index in [-0.39, 0.29) is 4.33 Å². The molecule has 3 heterocycles. The van der Waals surface area contributed by atoms with E-state index in [1.54, 1.807) is 30.6 Å². The maximum Gasteiger partial charge on any atom is 0.522 e. The van der Waals surface area contributed by atoms with Crippen molar-refractivity contribution in [3.8, 4) is 0 Å². The minimum absolute atomic E-state index is 0.366. The fraction of sp³-hybridized carbons (Fsp3) is 0.692. The van der Waals surface area contributed by atoms with Crippen molar-refractivity contribution in [1.29, 1.82) is 0 Å². The first-order chi connectivity index (χ1) is 10.3. The van der Waals surface area contributed by atoms with Gasteiger partial charge in [0.15, 0.2) is 0 Å². The number of methoxy groups -OCH3 is 1. The first kappa shape index (κ1) is 15.8. The molecule has 0 bridgehead atoms. The first-order valence-corrected chi connectivity index (χ1v) is 8.80. The van der Waals surface area contributed by atoms with E-state index in [0.29, 0.717) is 5.23 Å². The van der Waals surface area contributed by atoms with Gasteiger partial charge >= 0.3 is 9.56 Å². The van der Waals surface area contributed by atoms with E-state index < -0.39 is 0 Å². The largest absolute Gasteiger partial charge is 0.522 e. The van der Waals surface area contributed by atoms with E-state index in [0.717, 1.165) is 34.2 Å². The highest BCUT2D eigenvalue weighted by atomic mass is 32.2. The molecule has 7 nitrogen and oxygen atoms in total. The summed E-state index contributed by atoms with van der Waals surface area (Å²) in [6.07, 6.45) is 0. The van der Waals surface area contributed by atoms with Gasteiger partial charge in [0.1, 0.15) is 11.8 Å². The molecule has 1 spiro atoms. The van der Waals surface area contributed by atoms with Crippen LogP contribution in [0.4, 0.5) is 0 Å². The van der Waals surface area contributed by atoms with Gasteiger partial charge in [-0.1, -0.05) is 0 Å². The van der Waals surface area contributed by atoms with Crippen molar-refractivity contribution in [2.75, 3.05) is 41.3 Å². The van der Waals surface area contributed by atoms with Crippen molar-refractivity contribution >= 4 is 45.3 Å². The Morgan fingerprint density at radius 3 is 2.64 bits per heavy atom. The molecule has 3 aliphatic heterocycles. The molecule has 1 N–H and O–H groups in total. The van der Waals surface area contributed by atoms with Crippen LogP contribution < -0.4 is 5.43 Å². The number of hydrogen-bond acceptors (Lipinski definition) is 5. The van der Waals surface area contributed by atoms with Gasteiger partial charge in [-0.3, -0.25) is 4.99 Å². The molecule has 9 heteroatoms. The van der Waals surface area contributed by atoms with Crippen LogP contribution in [0.15, 0.2) is 10.1 Å². The zero-order valence-electron chi connectivity index (χ0n) is 13.9. The van der Waals surface area contributed by atoms with E-state index in [1.165, 1.54) is 0 Å². The molecule has 1 atom stereocenters. The molecule has 3 rings (SSSR count). The van der Waals surface area contributed by atoms with E-state index in [1.807, 2.05) is 4.68 Å². The molecule has 0 saturated carbocycles. The summed E-state index contributed by atoms with van der Waals surface area (Å²) < 4.78 is 10.0. The lowest BCUT2D eigenvalue weighted by atomic mass is 10.3. The number of quaternary nitrogens is 1. The zero-order valence-corrected chi connectivity index (χ0v) is 15.5. The molecule has 0 radical (unpaired) electrons. The van der Waals surface area contributed by atoms with Gasteiger partial charge in [-0.2, -0.15) is 0 Å². The standard InChI is InChI=1S/C13H22N6OS2/c1-9-10(2)18-13(22-12(16-18)20-6)17(9)15-11(21-13)14-7-8-19(3,4)5/h7-8H2,1-6H3/q+2/p+1. The lowest BCUT2D eigenvalue weighted by Gasteiger charge is -2.22. The lowest BCUT2D eigenvalue weighted by Crippen LogP contribution is -2.40. The van der Waals surface area contributed by atoms with Crippen LogP contribution in [-0.4, -0.2) is 81.3 Å². The van der Waals surface area contributed by atoms with Gasteiger partial charge in [0, 0.05) is 18.5 Å². The van der Waals surface area contributed by atoms with Crippen molar-refractivity contribution in [2.24, 2.45) is 10.1 Å². The van der Waals surface area contributed by atoms with Crippen LogP contribution in [-0.2, 0) is 4.74 Å². The minimum atomic E-state index is -0.366. The smallest absolute Gasteiger partial charge is 0.472 e. The Morgan fingerprint density at radius 2 is 2.00 bits per heavy atom. The lowest BCUT2D eigenvalue weighted by molar-refractivity contribution is -0.868. The van der Waals surface area contributed by atoms with Crippen LogP contribution in [0.5, 0.6) is 0 Å². The number of ether oxygens (including phenoxy) is 1. The summed E-state index contributed by atoms with van der Waals surface area (Å²) in [5, 5.41) is 6.17. The zero-order chi connectivity index (χ0) is 16.1. The van der Waals surface area contributed by atoms with Crippen LogP contribution in [0.2, 0.25) is 0 Å². The number of aliphatic imine (C=N–C) groups is 1. The third kappa shape index (κ3) is 2.44. The number of hydrazone groups is 2. The Bertz CT molecular complexity index is 645. The highest BCUT2D eigenvalue weighted by Gasteiger charge is 2.74. The summed E-state index contributed by atoms with van der Waals surface area (Å²) in [5.41, 5.74) is 5.71. The topological polar surface area (TPSA) is 52.0 Å². The highest BCUT2D eigenvalue weighted by molar-refractivity contribution is 8.30. The van der Waals surface area contributed by atoms with Gasteiger partial charge in [-0.25, -0.2) is 0 Å². The fourth-order valence-electron chi connectivity index (χ4n) is 2.39. The molecule has 1 saturated heterocycles. The number of rotatable bonds is 3. The second kappa shape index (κ2) is 5.24. The third-order valence-corrected chi connectivity index (χ3v) is 6.35. The summed E-state index contributed by atoms with van der Waals surface area (Å²) in [5.74, 6) is 0. The molecule has 1 unspecified atom stereocenters. The number of likely N-dealkylation sites (N-methyl/N-ethyl adjacent to an activating group) is 1. The maximum absolute atomic E-state index is 5.33. The average molecular weight is 344 g/mol. The predicted molar refractivity (Wildman–Crippen MR) is 92.6 cm³/mol. The quantitative estimate of drug-likeness (QED) is 0.600. The number of nitrogens with one attached hydrogen (secondary N) is 1. The second-order valence-electron chi connectivity index (χ2n) is 6.45. The van der Waals surface area contributed by atoms with Gasteiger partial charge in [0.05, 0.1) is 58.2 Å². The molecule has 0 aromatic rings. The summed E-state index contributed by atoms with van der Waals surface area (Å²) >= 11 is 3.29. The van der Waals surface area contributed by atoms with Crippen LogP contribution in [0.3, 0.4) is 0 Å². The van der Waals surface area contributed by atoms with Gasteiger partial charge in [-0.15, -0.1) is 5.43 Å². The molecular weight excluding hydrogens is 320 g/mol. The van der Waals surface area contributed by atoms with Gasteiger partial charge < -0.3 is 9.22 Å². The Labute approximate surface area is 139 Å². The van der Waals surface area contributed by atoms with Crippen molar-refractivity contribution in [3.05, 3.63) is 0 Å². The average Bonchev–Trinajstić information content (AvgIpc) is 3.02. The van der Waals surface area contributed by atoms with Crippen molar-refractivity contribution in [2.45, 2.75) is 18.2 Å². The number of amidine groups is 1. The van der Waals surface area contributed by atoms with Gasteiger partial charge in [0.2, 0.25) is 5.17 Å². The number of nitrogens with zero attached hydrogens (tertiary/aromatic N) is 5. The summed E-state index contributed by atoms with van der Waals surface area (Å²) in [6.45, 7) is 5.98. The van der Waals surface area contributed by atoms with E-state index in [4.69, 9.17) is 9.73 Å². The molecule has 0 amide bonds. The molecule has 3 aliphatic rings. The van der Waals surface area contributed by atoms with Crippen LogP contribution in [0.25, 0.3) is 0 Å². The van der Waals surface area contributed by atoms with Crippen molar-refractivity contribution in [1.82, 2.24) is 5.43 Å². The van der Waals surface area contributed by atoms with Crippen LogP contribution in [0.1, 0.15) is 13.8 Å². The predicted octanol–water partition coefficient (Wildman–Crippen LogP) is 0.536. The third-order valence-electron chi connectivity index (χ3n) is 3.77. The minimum Gasteiger partial charge on any atom is -0.472 e. The molecular formula is C13H23N6OS2+3. The first-order valence-electron chi connectivity index (χ1n) is 7.17. The molecule has 0 aromatic carbocycles. The molecule has 0 aromatic heterocycles. The fourth-order valence-corrected chi connectivity index (χ4v) is 5.06. The molecule has 0 aliphatic carbocycles. The van der Waals surface area contributed by atoms with E-state index >= 15 is 0 Å². The van der Waals surface area contributed by atoms with Gasteiger partial charge in [-0.05, 0) is 4.68 Å². The summed E-state index contributed by atoms with van der Waals surface area (Å²) in [6, 6.07) is 0. The van der Waals surface area contributed by atoms with Gasteiger partial charge in [0.25, 0.3) is 11.4 Å². The molecule has 1 fully saturated rings. The van der Waals surface area contributed by atoms with Crippen molar-refractivity contribution in [3.63, 3.8) is 0 Å². The van der Waals surface area contributed by atoms with Crippen LogP contribution >= 0.6 is 23.5 Å². The maximum atomic E-state index is 5.33. The summed E-state index contributed by atoms with van der Waals surface area (Å²) in [7, 11) is 8.19. The Balaban J connectivity index is 1.83. The van der Waals surface area contributed by atoms with E-state index in [9.17, 15) is 0 Å². The number of hydrogen-bond donors (Lipinski definition) is 1. The normalized spacial score (nSPS) is 29.0. The Hall–Kier alpha value is -1.06. The molecule has 22 heavy (non-hydrogen) atoms. The Kier molecular flexibility index (Phi) is 3.77. The monoisotopic (exact) mass is 343 g/mol. The number of hydrazine groups is 1. The van der Waals surface area contributed by atoms with E-state index in [2.05, 4.69) is 50.2 Å². The summed E-state index contributed by atoms with van der Waals surface area (Å²) in [4.78, 5) is 4.71. The molecule has 120 valence electrons. The highest BCUT2D eigenvalue weighted by Crippen LogP contribution is 2.49. The SMILES string of the molecule is COC1=N[N+]2=C(C)C(C)=[N+]3NC(=NCC[N+](C)(C)C)SC23S1. The van der Waals surface area contributed by atoms with Crippen molar-refractivity contribution < 1.29 is 18.6 Å². The second-order valence-corrected chi connectivity index (χ2v) is 8.99. The number of thioether (sulfide) groups is 2. The van der Waals surface area contributed by atoms with Crippen LogP contribution in [0, 0.1) is 0 Å².